The molecular formula is C61H49NO. The summed E-state index contributed by atoms with van der Waals surface area (Å²) in [5, 5.41) is 1.14. The molecule has 2 aliphatic carbocycles. The third-order valence-electron chi connectivity index (χ3n) is 13.7. The van der Waals surface area contributed by atoms with E-state index in [1.54, 1.807) is 0 Å². The molecule has 0 saturated carbocycles. The Balaban J connectivity index is 1.02. The molecule has 11 rings (SSSR count). The van der Waals surface area contributed by atoms with Crippen LogP contribution in [-0.2, 0) is 5.41 Å². The molecule has 2 heteroatoms. The minimum Gasteiger partial charge on any atom is -0.455 e. The smallest absolute Gasteiger partial charge is 0.143 e. The van der Waals surface area contributed by atoms with Gasteiger partial charge in [-0.1, -0.05) is 166 Å². The number of fused-ring (bicyclic) bond motifs is 6. The van der Waals surface area contributed by atoms with E-state index in [0.29, 0.717) is 0 Å². The van der Waals surface area contributed by atoms with E-state index in [-0.39, 0.29) is 5.41 Å². The Morgan fingerprint density at radius 2 is 1.03 bits per heavy atom. The molecule has 304 valence electrons. The highest BCUT2D eigenvalue weighted by Crippen LogP contribution is 2.50. The van der Waals surface area contributed by atoms with Crippen LogP contribution in [0.25, 0.3) is 78.8 Å². The molecule has 0 atom stereocenters. The van der Waals surface area contributed by atoms with E-state index in [2.05, 4.69) is 234 Å². The van der Waals surface area contributed by atoms with Crippen LogP contribution in [0.1, 0.15) is 59.4 Å². The van der Waals surface area contributed by atoms with Crippen molar-refractivity contribution in [3.63, 3.8) is 0 Å². The fraction of sp³-hybridized carbons (Fsp3) is 0.115. The fourth-order valence-corrected chi connectivity index (χ4v) is 10.3. The van der Waals surface area contributed by atoms with E-state index in [9.17, 15) is 0 Å². The maximum absolute atomic E-state index is 6.55. The summed E-state index contributed by atoms with van der Waals surface area (Å²) in [5.41, 5.74) is 24.3. The summed E-state index contributed by atoms with van der Waals surface area (Å²) < 4.78 is 6.55. The quantitative estimate of drug-likeness (QED) is 0.159. The highest BCUT2D eigenvalue weighted by molar-refractivity contribution is 6.00. The highest BCUT2D eigenvalue weighted by atomic mass is 16.3. The van der Waals surface area contributed by atoms with E-state index in [0.717, 1.165) is 56.9 Å². The number of anilines is 3. The molecule has 8 aromatic carbocycles. The van der Waals surface area contributed by atoms with Gasteiger partial charge in [0, 0.05) is 39.0 Å². The lowest BCUT2D eigenvalue weighted by Gasteiger charge is -2.29. The topological polar surface area (TPSA) is 16.4 Å². The summed E-state index contributed by atoms with van der Waals surface area (Å²) in [6.07, 6.45) is 9.56. The van der Waals surface area contributed by atoms with Crippen LogP contribution in [0.4, 0.5) is 17.1 Å². The van der Waals surface area contributed by atoms with Gasteiger partial charge in [0.1, 0.15) is 11.3 Å². The van der Waals surface area contributed by atoms with Gasteiger partial charge in [-0.05, 0) is 148 Å². The van der Waals surface area contributed by atoms with Gasteiger partial charge in [0.05, 0.1) is 0 Å². The van der Waals surface area contributed by atoms with Crippen molar-refractivity contribution in [2.24, 2.45) is 0 Å². The first-order valence-corrected chi connectivity index (χ1v) is 22.2. The second-order valence-corrected chi connectivity index (χ2v) is 17.7. The minimum atomic E-state index is -0.0187. The van der Waals surface area contributed by atoms with Gasteiger partial charge in [0.25, 0.3) is 0 Å². The normalized spacial score (nSPS) is 13.4. The van der Waals surface area contributed by atoms with Crippen LogP contribution in [0.15, 0.2) is 186 Å². The van der Waals surface area contributed by atoms with E-state index in [1.165, 1.54) is 72.3 Å². The van der Waals surface area contributed by atoms with E-state index < -0.39 is 0 Å². The van der Waals surface area contributed by atoms with Crippen LogP contribution in [0.2, 0.25) is 0 Å². The Morgan fingerprint density at radius 1 is 0.460 bits per heavy atom. The molecule has 0 amide bonds. The van der Waals surface area contributed by atoms with Crippen molar-refractivity contribution >= 4 is 40.2 Å². The number of furan rings is 1. The molecule has 0 bridgehead atoms. The first kappa shape index (κ1) is 38.5. The molecule has 0 unspecified atom stereocenters. The van der Waals surface area contributed by atoms with Gasteiger partial charge in [-0.15, -0.1) is 0 Å². The van der Waals surface area contributed by atoms with Crippen LogP contribution in [-0.4, -0.2) is 0 Å². The molecule has 0 aliphatic heterocycles. The molecule has 0 fully saturated rings. The lowest BCUT2D eigenvalue weighted by Crippen LogP contribution is -2.14. The van der Waals surface area contributed by atoms with E-state index in [1.807, 2.05) is 0 Å². The van der Waals surface area contributed by atoms with Crippen molar-refractivity contribution in [1.82, 2.24) is 0 Å². The Morgan fingerprint density at radius 3 is 1.79 bits per heavy atom. The highest BCUT2D eigenvalue weighted by Gasteiger charge is 2.35. The van der Waals surface area contributed by atoms with Crippen molar-refractivity contribution in [1.29, 1.82) is 0 Å². The number of para-hydroxylation sites is 1. The maximum Gasteiger partial charge on any atom is 0.143 e. The summed E-state index contributed by atoms with van der Waals surface area (Å²) in [7, 11) is 0. The number of aryl methyl sites for hydroxylation is 1. The summed E-state index contributed by atoms with van der Waals surface area (Å²) in [5.74, 6) is 0.918. The van der Waals surface area contributed by atoms with Gasteiger partial charge < -0.3 is 9.32 Å². The van der Waals surface area contributed by atoms with E-state index in [4.69, 9.17) is 4.42 Å². The molecule has 2 nitrogen and oxygen atoms in total. The lowest BCUT2D eigenvalue weighted by molar-refractivity contribution is 0.604. The van der Waals surface area contributed by atoms with Gasteiger partial charge in [0.2, 0.25) is 0 Å². The molecule has 0 radical (unpaired) electrons. The predicted molar refractivity (Wildman–Crippen MR) is 267 cm³/mol. The average molecular weight is 812 g/mol. The molecule has 2 aliphatic rings. The van der Waals surface area contributed by atoms with Crippen LogP contribution in [0.3, 0.4) is 0 Å². The summed E-state index contributed by atoms with van der Waals surface area (Å²) >= 11 is 0. The third kappa shape index (κ3) is 6.40. The fourth-order valence-electron chi connectivity index (χ4n) is 10.3. The van der Waals surface area contributed by atoms with Gasteiger partial charge in [-0.3, -0.25) is 0 Å². The molecule has 0 N–H and O–H groups in total. The number of hydrogen-bond donors (Lipinski definition) is 0. The van der Waals surface area contributed by atoms with Crippen molar-refractivity contribution in [2.45, 2.75) is 46.5 Å². The van der Waals surface area contributed by atoms with Crippen LogP contribution in [0, 0.1) is 20.8 Å². The molecule has 0 saturated heterocycles. The Labute approximate surface area is 371 Å². The first-order chi connectivity index (χ1) is 30.8. The monoisotopic (exact) mass is 811 g/mol. The van der Waals surface area contributed by atoms with Gasteiger partial charge in [-0.2, -0.15) is 0 Å². The van der Waals surface area contributed by atoms with Crippen molar-refractivity contribution in [3.8, 4) is 55.6 Å². The zero-order valence-electron chi connectivity index (χ0n) is 36.5. The number of hydrogen-bond acceptors (Lipinski definition) is 2. The van der Waals surface area contributed by atoms with Crippen LogP contribution >= 0.6 is 0 Å². The van der Waals surface area contributed by atoms with Crippen molar-refractivity contribution in [3.05, 3.63) is 221 Å². The second-order valence-electron chi connectivity index (χ2n) is 17.7. The third-order valence-corrected chi connectivity index (χ3v) is 13.7. The number of allylic oxidation sites excluding steroid dienone is 2. The number of nitrogens with zero attached hydrogens (tertiary/aromatic N) is 1. The molecule has 63 heavy (non-hydrogen) atoms. The first-order valence-electron chi connectivity index (χ1n) is 22.2. The predicted octanol–water partition coefficient (Wildman–Crippen LogP) is 17.2. The molecule has 0 spiro atoms. The van der Waals surface area contributed by atoms with Crippen molar-refractivity contribution < 1.29 is 4.42 Å². The minimum absolute atomic E-state index is 0.0187. The molecule has 1 aromatic heterocycles. The summed E-state index contributed by atoms with van der Waals surface area (Å²) in [4.78, 5) is 2.42. The number of benzene rings is 8. The SMILES string of the molecule is Cc1ccccc1-c1cccc(-c2cccc(N(c3ccc(-c4ccc5c(c4)-c4ccccc4C5(C)C)cc3)c3ccc(-c4cccc5c6c(oc45)C=CCC=C6)cc3)c2C)c1C. The van der Waals surface area contributed by atoms with Gasteiger partial charge in [0.15, 0.2) is 0 Å². The van der Waals surface area contributed by atoms with Gasteiger partial charge >= 0.3 is 0 Å². The zero-order valence-corrected chi connectivity index (χ0v) is 36.5. The lowest BCUT2D eigenvalue weighted by atomic mass is 9.82. The largest absolute Gasteiger partial charge is 0.455 e. The Hall–Kier alpha value is -7.42. The molecular weight excluding hydrogens is 763 g/mol. The maximum atomic E-state index is 6.55. The van der Waals surface area contributed by atoms with E-state index >= 15 is 0 Å². The molecule has 1 heterocycles. The Bertz CT molecular complexity index is 3300. The number of rotatable bonds is 7. The zero-order chi connectivity index (χ0) is 42.8. The standard InChI is InChI=1S/C61H49NO/c1-39-16-9-10-17-47(39)48-20-13-21-49(40(48)2)50-22-15-26-58(41(50)3)62(46-35-30-43(31-36-46)51-23-14-24-54-53-19-7-6-8-27-59(53)63-60(51)54)45-33-28-42(29-34-45)44-32-37-57-55(38-44)52-18-11-12-25-56(52)61(57,4)5/h7-38H,6H2,1-5H3. The summed E-state index contributed by atoms with van der Waals surface area (Å²) in [6.45, 7) is 11.4. The van der Waals surface area contributed by atoms with Gasteiger partial charge in [-0.25, -0.2) is 0 Å². The second kappa shape index (κ2) is 15.2. The average Bonchev–Trinajstić information content (AvgIpc) is 3.65. The van der Waals surface area contributed by atoms with Crippen LogP contribution in [0.5, 0.6) is 0 Å². The summed E-state index contributed by atoms with van der Waals surface area (Å²) in [6, 6.07) is 62.6. The van der Waals surface area contributed by atoms with Crippen LogP contribution < -0.4 is 4.90 Å². The van der Waals surface area contributed by atoms with Crippen molar-refractivity contribution in [2.75, 3.05) is 4.90 Å². The Kier molecular flexibility index (Phi) is 9.28. The molecule has 9 aromatic rings.